The van der Waals surface area contributed by atoms with Crippen molar-refractivity contribution >= 4 is 12.3 Å². The van der Waals surface area contributed by atoms with Gasteiger partial charge in [-0.2, -0.15) is 0 Å². The summed E-state index contributed by atoms with van der Waals surface area (Å²) < 4.78 is 11.0. The van der Waals surface area contributed by atoms with Gasteiger partial charge >= 0.3 is 6.03 Å². The van der Waals surface area contributed by atoms with Crippen LogP contribution in [0.2, 0.25) is 0 Å². The maximum atomic E-state index is 11.9. The van der Waals surface area contributed by atoms with Gasteiger partial charge in [0.25, 0.3) is 0 Å². The van der Waals surface area contributed by atoms with Gasteiger partial charge < -0.3 is 25.0 Å². The second-order valence-corrected chi connectivity index (χ2v) is 4.51. The van der Waals surface area contributed by atoms with Crippen LogP contribution in [0, 0.1) is 0 Å². The predicted octanol–water partition coefficient (Wildman–Crippen LogP) is -0.786. The number of hydrogen-bond acceptors (Lipinski definition) is 6. The number of carbonyl (C=O) groups excluding carboxylic acids is 2. The Morgan fingerprint density at radius 1 is 1.52 bits per heavy atom. The normalized spacial score (nSPS) is 28.8. The van der Waals surface area contributed by atoms with Crippen molar-refractivity contribution in [2.24, 2.45) is 0 Å². The van der Waals surface area contributed by atoms with Gasteiger partial charge in [0.15, 0.2) is 6.23 Å². The third-order valence-corrected chi connectivity index (χ3v) is 3.05. The van der Waals surface area contributed by atoms with E-state index in [0.717, 1.165) is 17.4 Å². The van der Waals surface area contributed by atoms with E-state index in [0.29, 0.717) is 12.9 Å². The fraction of sp³-hybridized carbons (Fsp3) is 0.692. The SMILES string of the molecule is CCCO[C@@H]1[C@H](O)[C@@H](CO)O[C@H]1N(/C=C\C=O)C(=O)NC. The molecular formula is C13H22N2O6. The molecule has 0 aliphatic carbocycles. The number of amides is 2. The minimum Gasteiger partial charge on any atom is -0.394 e. The van der Waals surface area contributed by atoms with Crippen molar-refractivity contribution < 1.29 is 29.3 Å². The molecule has 0 radical (unpaired) electrons. The van der Waals surface area contributed by atoms with Crippen molar-refractivity contribution in [3.63, 3.8) is 0 Å². The zero-order valence-corrected chi connectivity index (χ0v) is 12.1. The number of hydrogen-bond donors (Lipinski definition) is 3. The molecular weight excluding hydrogens is 280 g/mol. The smallest absolute Gasteiger partial charge is 0.323 e. The van der Waals surface area contributed by atoms with Crippen LogP contribution in [0.5, 0.6) is 0 Å². The molecule has 0 saturated carbocycles. The lowest BCUT2D eigenvalue weighted by molar-refractivity contribution is -0.104. The molecule has 8 heteroatoms. The van der Waals surface area contributed by atoms with Gasteiger partial charge in [-0.15, -0.1) is 0 Å². The number of urea groups is 1. The number of aliphatic hydroxyl groups is 2. The molecule has 1 aliphatic heterocycles. The number of ether oxygens (including phenoxy) is 2. The first-order chi connectivity index (χ1) is 10.1. The van der Waals surface area contributed by atoms with Crippen LogP contribution in [0.1, 0.15) is 13.3 Å². The number of allylic oxidation sites excluding steroid dienone is 1. The summed E-state index contributed by atoms with van der Waals surface area (Å²) in [6.45, 7) is 1.88. The summed E-state index contributed by atoms with van der Waals surface area (Å²) in [5.41, 5.74) is 0. The van der Waals surface area contributed by atoms with Crippen molar-refractivity contribution in [3.05, 3.63) is 12.3 Å². The summed E-state index contributed by atoms with van der Waals surface area (Å²) >= 11 is 0. The highest BCUT2D eigenvalue weighted by Crippen LogP contribution is 2.27. The quantitative estimate of drug-likeness (QED) is 0.420. The molecule has 2 amide bonds. The van der Waals surface area contributed by atoms with Gasteiger partial charge in [-0.3, -0.25) is 9.69 Å². The van der Waals surface area contributed by atoms with E-state index in [-0.39, 0.29) is 0 Å². The maximum absolute atomic E-state index is 11.9. The van der Waals surface area contributed by atoms with E-state index in [2.05, 4.69) is 5.32 Å². The Balaban J connectivity index is 2.98. The maximum Gasteiger partial charge on any atom is 0.323 e. The molecule has 1 rings (SSSR count). The van der Waals surface area contributed by atoms with E-state index in [1.165, 1.54) is 13.2 Å². The number of aliphatic hydroxyl groups excluding tert-OH is 2. The second kappa shape index (κ2) is 8.73. The van der Waals surface area contributed by atoms with E-state index >= 15 is 0 Å². The number of nitrogens with zero attached hydrogens (tertiary/aromatic N) is 1. The average molecular weight is 302 g/mol. The van der Waals surface area contributed by atoms with Gasteiger partial charge in [0, 0.05) is 19.9 Å². The first kappa shape index (κ1) is 17.6. The molecule has 0 bridgehead atoms. The van der Waals surface area contributed by atoms with E-state index < -0.39 is 37.2 Å². The lowest BCUT2D eigenvalue weighted by Gasteiger charge is -2.29. The molecule has 1 aliphatic rings. The van der Waals surface area contributed by atoms with Crippen LogP contribution in [-0.2, 0) is 14.3 Å². The molecule has 0 aromatic heterocycles. The van der Waals surface area contributed by atoms with E-state index in [9.17, 15) is 19.8 Å². The second-order valence-electron chi connectivity index (χ2n) is 4.51. The van der Waals surface area contributed by atoms with Crippen LogP contribution in [0.3, 0.4) is 0 Å². The Kier molecular flexibility index (Phi) is 7.30. The number of carbonyl (C=O) groups is 2. The minimum absolute atomic E-state index is 0.374. The highest BCUT2D eigenvalue weighted by Gasteiger charge is 2.47. The van der Waals surface area contributed by atoms with E-state index in [1.807, 2.05) is 6.92 Å². The molecule has 3 N–H and O–H groups in total. The summed E-state index contributed by atoms with van der Waals surface area (Å²) in [5.74, 6) is 0. The summed E-state index contributed by atoms with van der Waals surface area (Å²) in [7, 11) is 1.43. The van der Waals surface area contributed by atoms with Crippen LogP contribution >= 0.6 is 0 Å². The number of nitrogens with one attached hydrogen (secondary N) is 1. The Hall–Kier alpha value is -1.48. The highest BCUT2D eigenvalue weighted by molar-refractivity contribution is 5.76. The van der Waals surface area contributed by atoms with E-state index in [1.54, 1.807) is 0 Å². The molecule has 4 atom stereocenters. The van der Waals surface area contributed by atoms with Gasteiger partial charge in [-0.25, -0.2) is 4.79 Å². The van der Waals surface area contributed by atoms with Crippen LogP contribution in [0.15, 0.2) is 12.3 Å². The highest BCUT2D eigenvalue weighted by atomic mass is 16.6. The monoisotopic (exact) mass is 302 g/mol. The van der Waals surface area contributed by atoms with Crippen LogP contribution < -0.4 is 5.32 Å². The fourth-order valence-corrected chi connectivity index (χ4v) is 2.05. The van der Waals surface area contributed by atoms with E-state index in [4.69, 9.17) is 9.47 Å². The molecule has 8 nitrogen and oxygen atoms in total. The number of aldehydes is 1. The molecule has 120 valence electrons. The fourth-order valence-electron chi connectivity index (χ4n) is 2.05. The molecule has 0 spiro atoms. The standard InChI is InChI=1S/C13H22N2O6/c1-3-7-20-11-10(18)9(8-17)21-12(11)15(5-4-6-16)13(19)14-2/h4-6,9-12,17-18H,3,7-8H2,1-2H3,(H,14,19)/b5-4-/t9-,10-,11-,12-/m1/s1. The molecule has 1 saturated heterocycles. The Morgan fingerprint density at radius 3 is 2.76 bits per heavy atom. The first-order valence-electron chi connectivity index (χ1n) is 6.78. The van der Waals surface area contributed by atoms with Crippen molar-refractivity contribution in [2.45, 2.75) is 37.9 Å². The Bertz CT molecular complexity index is 376. The summed E-state index contributed by atoms with van der Waals surface area (Å²) in [6.07, 6.45) is -0.0386. The van der Waals surface area contributed by atoms with Crippen LogP contribution in [0.4, 0.5) is 4.79 Å². The van der Waals surface area contributed by atoms with Crippen LogP contribution in [-0.4, -0.2) is 72.2 Å². The van der Waals surface area contributed by atoms with Crippen molar-refractivity contribution in [1.82, 2.24) is 10.2 Å². The molecule has 1 fully saturated rings. The summed E-state index contributed by atoms with van der Waals surface area (Å²) in [4.78, 5) is 23.5. The molecule has 0 unspecified atom stereocenters. The van der Waals surface area contributed by atoms with Gasteiger partial charge in [0.1, 0.15) is 24.6 Å². The van der Waals surface area contributed by atoms with Crippen LogP contribution in [0.25, 0.3) is 0 Å². The largest absolute Gasteiger partial charge is 0.394 e. The summed E-state index contributed by atoms with van der Waals surface area (Å²) in [5, 5.41) is 21.7. The van der Waals surface area contributed by atoms with Gasteiger partial charge in [0.2, 0.25) is 0 Å². The molecule has 0 aromatic rings. The van der Waals surface area contributed by atoms with Crippen molar-refractivity contribution in [1.29, 1.82) is 0 Å². The first-order valence-corrected chi connectivity index (χ1v) is 6.78. The predicted molar refractivity (Wildman–Crippen MR) is 73.3 cm³/mol. The third kappa shape index (κ3) is 4.24. The third-order valence-electron chi connectivity index (χ3n) is 3.05. The summed E-state index contributed by atoms with van der Waals surface area (Å²) in [6, 6.07) is -0.519. The van der Waals surface area contributed by atoms with Gasteiger partial charge in [-0.05, 0) is 12.5 Å². The molecule has 21 heavy (non-hydrogen) atoms. The molecule has 0 aromatic carbocycles. The minimum atomic E-state index is -1.07. The lowest BCUT2D eigenvalue weighted by atomic mass is 10.1. The zero-order chi connectivity index (χ0) is 15.8. The molecule has 1 heterocycles. The van der Waals surface area contributed by atoms with Gasteiger partial charge in [-0.1, -0.05) is 6.92 Å². The topological polar surface area (TPSA) is 108 Å². The van der Waals surface area contributed by atoms with Crippen molar-refractivity contribution in [3.8, 4) is 0 Å². The number of rotatable bonds is 7. The Morgan fingerprint density at radius 2 is 2.24 bits per heavy atom. The van der Waals surface area contributed by atoms with Gasteiger partial charge in [0.05, 0.1) is 6.61 Å². The van der Waals surface area contributed by atoms with Crippen molar-refractivity contribution in [2.75, 3.05) is 20.3 Å². The lowest BCUT2D eigenvalue weighted by Crippen LogP contribution is -2.48. The Labute approximate surface area is 123 Å². The zero-order valence-electron chi connectivity index (χ0n) is 12.1. The average Bonchev–Trinajstić information content (AvgIpc) is 2.81.